The van der Waals surface area contributed by atoms with E-state index in [1.165, 1.54) is 0 Å². The molecule has 140 valence electrons. The number of anilines is 2. The fourth-order valence-corrected chi connectivity index (χ4v) is 2.45. The van der Waals surface area contributed by atoms with Crippen molar-refractivity contribution in [3.63, 3.8) is 0 Å². The molecule has 1 atom stereocenters. The van der Waals surface area contributed by atoms with Crippen LogP contribution >= 0.6 is 0 Å². The van der Waals surface area contributed by atoms with Gasteiger partial charge < -0.3 is 24.8 Å². The molecule has 2 rings (SSSR count). The zero-order valence-electron chi connectivity index (χ0n) is 15.7. The number of amides is 1. The molecule has 1 amide bonds. The van der Waals surface area contributed by atoms with E-state index in [-0.39, 0.29) is 5.91 Å². The second-order valence-corrected chi connectivity index (χ2v) is 5.58. The molecule has 0 radical (unpaired) electrons. The Labute approximate surface area is 154 Å². The van der Waals surface area contributed by atoms with Crippen LogP contribution in [0.4, 0.5) is 11.4 Å². The number of benzene rings is 2. The summed E-state index contributed by atoms with van der Waals surface area (Å²) in [5.41, 5.74) is 1.41. The maximum absolute atomic E-state index is 12.5. The average molecular weight is 358 g/mol. The molecule has 6 nitrogen and oxygen atoms in total. The first kappa shape index (κ1) is 19.4. The van der Waals surface area contributed by atoms with Gasteiger partial charge in [0.15, 0.2) is 11.5 Å². The number of hydrogen-bond acceptors (Lipinski definition) is 5. The van der Waals surface area contributed by atoms with Gasteiger partial charge in [0.05, 0.1) is 26.0 Å². The molecule has 0 aromatic heterocycles. The van der Waals surface area contributed by atoms with Gasteiger partial charge in [-0.2, -0.15) is 0 Å². The van der Waals surface area contributed by atoms with E-state index in [1.54, 1.807) is 26.2 Å². The highest BCUT2D eigenvalue weighted by molar-refractivity contribution is 5.97. The minimum Gasteiger partial charge on any atom is -0.495 e. The SMILES string of the molecule is CCOc1ccc(N[C@@H](C)C(=O)Nc2ccccc2OC)cc1OCC. The van der Waals surface area contributed by atoms with Crippen molar-refractivity contribution in [2.24, 2.45) is 0 Å². The van der Waals surface area contributed by atoms with E-state index in [1.807, 2.05) is 44.2 Å². The molecule has 0 bridgehead atoms. The molecule has 6 heteroatoms. The molecule has 2 N–H and O–H groups in total. The lowest BCUT2D eigenvalue weighted by atomic mass is 10.2. The van der Waals surface area contributed by atoms with E-state index in [9.17, 15) is 4.79 Å². The third kappa shape index (κ3) is 5.05. The Morgan fingerprint density at radius 2 is 1.69 bits per heavy atom. The first-order chi connectivity index (χ1) is 12.6. The van der Waals surface area contributed by atoms with Gasteiger partial charge in [-0.05, 0) is 45.0 Å². The van der Waals surface area contributed by atoms with Crippen LogP contribution in [-0.2, 0) is 4.79 Å². The largest absolute Gasteiger partial charge is 0.495 e. The van der Waals surface area contributed by atoms with Crippen LogP contribution in [0, 0.1) is 0 Å². The fraction of sp³-hybridized carbons (Fsp3) is 0.350. The predicted molar refractivity (Wildman–Crippen MR) is 103 cm³/mol. The van der Waals surface area contributed by atoms with Crippen LogP contribution in [0.5, 0.6) is 17.2 Å². The van der Waals surface area contributed by atoms with Crippen molar-refractivity contribution >= 4 is 17.3 Å². The van der Waals surface area contributed by atoms with E-state index in [0.29, 0.717) is 36.1 Å². The smallest absolute Gasteiger partial charge is 0.246 e. The second kappa shape index (κ2) is 9.56. The van der Waals surface area contributed by atoms with Gasteiger partial charge in [0.2, 0.25) is 5.91 Å². The van der Waals surface area contributed by atoms with Gasteiger partial charge in [0.1, 0.15) is 11.8 Å². The summed E-state index contributed by atoms with van der Waals surface area (Å²) < 4.78 is 16.4. The molecule has 0 aliphatic rings. The Hall–Kier alpha value is -2.89. The Kier molecular flexibility index (Phi) is 7.14. The van der Waals surface area contributed by atoms with Crippen LogP contribution in [0.25, 0.3) is 0 Å². The number of para-hydroxylation sites is 2. The lowest BCUT2D eigenvalue weighted by Crippen LogP contribution is -2.32. The molecule has 0 unspecified atom stereocenters. The van der Waals surface area contributed by atoms with Crippen LogP contribution in [0.3, 0.4) is 0 Å². The van der Waals surface area contributed by atoms with Crippen molar-refractivity contribution in [2.45, 2.75) is 26.8 Å². The normalized spacial score (nSPS) is 11.4. The Morgan fingerprint density at radius 1 is 1.00 bits per heavy atom. The molecule has 2 aromatic carbocycles. The number of ether oxygens (including phenoxy) is 3. The minimum atomic E-state index is -0.452. The Morgan fingerprint density at radius 3 is 2.38 bits per heavy atom. The number of methoxy groups -OCH3 is 1. The molecular weight excluding hydrogens is 332 g/mol. The summed E-state index contributed by atoms with van der Waals surface area (Å²) in [5, 5.41) is 6.05. The number of rotatable bonds is 9. The highest BCUT2D eigenvalue weighted by Crippen LogP contribution is 2.31. The number of hydrogen-bond donors (Lipinski definition) is 2. The van der Waals surface area contributed by atoms with Gasteiger partial charge in [0, 0.05) is 11.8 Å². The molecule has 0 saturated heterocycles. The summed E-state index contributed by atoms with van der Waals surface area (Å²) in [6, 6.07) is 12.4. The maximum Gasteiger partial charge on any atom is 0.246 e. The summed E-state index contributed by atoms with van der Waals surface area (Å²) in [6.07, 6.45) is 0. The highest BCUT2D eigenvalue weighted by Gasteiger charge is 2.16. The third-order valence-electron chi connectivity index (χ3n) is 3.68. The topological polar surface area (TPSA) is 68.8 Å². The van der Waals surface area contributed by atoms with Gasteiger partial charge >= 0.3 is 0 Å². The van der Waals surface area contributed by atoms with Crippen LogP contribution < -0.4 is 24.8 Å². The van der Waals surface area contributed by atoms with Crippen LogP contribution in [0.15, 0.2) is 42.5 Å². The van der Waals surface area contributed by atoms with Gasteiger partial charge in [-0.1, -0.05) is 12.1 Å². The zero-order chi connectivity index (χ0) is 18.9. The lowest BCUT2D eigenvalue weighted by Gasteiger charge is -2.18. The van der Waals surface area contributed by atoms with E-state index in [2.05, 4.69) is 10.6 Å². The van der Waals surface area contributed by atoms with Crippen molar-refractivity contribution < 1.29 is 19.0 Å². The predicted octanol–water partition coefficient (Wildman–Crippen LogP) is 3.93. The van der Waals surface area contributed by atoms with Gasteiger partial charge in [-0.3, -0.25) is 4.79 Å². The second-order valence-electron chi connectivity index (χ2n) is 5.58. The number of nitrogens with one attached hydrogen (secondary N) is 2. The number of carbonyl (C=O) groups is 1. The third-order valence-corrected chi connectivity index (χ3v) is 3.68. The van der Waals surface area contributed by atoms with Crippen molar-refractivity contribution in [3.8, 4) is 17.2 Å². The first-order valence-corrected chi connectivity index (χ1v) is 8.69. The zero-order valence-corrected chi connectivity index (χ0v) is 15.7. The van der Waals surface area contributed by atoms with E-state index < -0.39 is 6.04 Å². The van der Waals surface area contributed by atoms with E-state index >= 15 is 0 Å². The Balaban J connectivity index is 2.07. The van der Waals surface area contributed by atoms with Crippen LogP contribution in [0.1, 0.15) is 20.8 Å². The molecular formula is C20H26N2O4. The van der Waals surface area contributed by atoms with Crippen molar-refractivity contribution in [1.29, 1.82) is 0 Å². The van der Waals surface area contributed by atoms with E-state index in [4.69, 9.17) is 14.2 Å². The summed E-state index contributed by atoms with van der Waals surface area (Å²) >= 11 is 0. The van der Waals surface area contributed by atoms with E-state index in [0.717, 1.165) is 5.69 Å². The molecule has 0 spiro atoms. The summed E-state index contributed by atoms with van der Waals surface area (Å²) in [6.45, 7) is 6.73. The standard InChI is InChI=1S/C20H26N2O4/c1-5-25-18-12-11-15(13-19(18)26-6-2)21-14(3)20(23)22-16-9-7-8-10-17(16)24-4/h7-14,21H,5-6H2,1-4H3,(H,22,23)/t14-/m0/s1. The first-order valence-electron chi connectivity index (χ1n) is 8.69. The highest BCUT2D eigenvalue weighted by atomic mass is 16.5. The Bertz CT molecular complexity index is 734. The molecule has 0 saturated carbocycles. The van der Waals surface area contributed by atoms with Gasteiger partial charge in [0.25, 0.3) is 0 Å². The van der Waals surface area contributed by atoms with Crippen molar-refractivity contribution in [2.75, 3.05) is 31.0 Å². The minimum absolute atomic E-state index is 0.165. The van der Waals surface area contributed by atoms with Gasteiger partial charge in [-0.15, -0.1) is 0 Å². The summed E-state index contributed by atoms with van der Waals surface area (Å²) in [4.78, 5) is 12.5. The molecule has 0 heterocycles. The molecule has 2 aromatic rings. The quantitative estimate of drug-likeness (QED) is 0.711. The summed E-state index contributed by atoms with van der Waals surface area (Å²) in [7, 11) is 1.57. The molecule has 0 fully saturated rings. The maximum atomic E-state index is 12.5. The van der Waals surface area contributed by atoms with Crippen LogP contribution in [0.2, 0.25) is 0 Å². The average Bonchev–Trinajstić information content (AvgIpc) is 2.64. The fourth-order valence-electron chi connectivity index (χ4n) is 2.45. The summed E-state index contributed by atoms with van der Waals surface area (Å²) in [5.74, 6) is 1.79. The monoisotopic (exact) mass is 358 g/mol. The molecule has 0 aliphatic heterocycles. The lowest BCUT2D eigenvalue weighted by molar-refractivity contribution is -0.116. The molecule has 0 aliphatic carbocycles. The van der Waals surface area contributed by atoms with Crippen molar-refractivity contribution in [3.05, 3.63) is 42.5 Å². The molecule has 26 heavy (non-hydrogen) atoms. The van der Waals surface area contributed by atoms with Gasteiger partial charge in [-0.25, -0.2) is 0 Å². The van der Waals surface area contributed by atoms with Crippen LogP contribution in [-0.4, -0.2) is 32.3 Å². The number of carbonyl (C=O) groups excluding carboxylic acids is 1. The van der Waals surface area contributed by atoms with Crippen molar-refractivity contribution in [1.82, 2.24) is 0 Å².